The molecule has 0 fully saturated rings. The van der Waals surface area contributed by atoms with Crippen LogP contribution in [-0.2, 0) is 4.79 Å². The summed E-state index contributed by atoms with van der Waals surface area (Å²) in [6.07, 6.45) is -0.867. The van der Waals surface area contributed by atoms with Crippen LogP contribution in [0.25, 0.3) is 0 Å². The molecular weight excluding hydrogens is 130 g/mol. The van der Waals surface area contributed by atoms with Crippen LogP contribution in [0.5, 0.6) is 0 Å². The third-order valence-electron chi connectivity index (χ3n) is 0.695. The van der Waals surface area contributed by atoms with Crippen molar-refractivity contribution in [3.05, 3.63) is 0 Å². The number of hydrogen-bond donors (Lipinski definition) is 2. The van der Waals surface area contributed by atoms with E-state index in [4.69, 9.17) is 22.4 Å². The number of alkyl halides is 1. The first kappa shape index (κ1) is 7.72. The predicted molar refractivity (Wildman–Crippen MR) is 30.5 cm³/mol. The maximum Gasteiger partial charge on any atom is 0.238 e. The summed E-state index contributed by atoms with van der Waals surface area (Å²) in [6.45, 7) is 1.41. The van der Waals surface area contributed by atoms with E-state index >= 15 is 0 Å². The highest BCUT2D eigenvalue weighted by atomic mass is 35.5. The fourth-order valence-electron chi connectivity index (χ4n) is 0.238. The molecule has 3 N–H and O–H groups in total. The highest BCUT2D eigenvalue weighted by Crippen LogP contribution is 1.99. The maximum atomic E-state index is 10.1. The molecule has 0 aliphatic rings. The first-order valence-corrected chi connectivity index (χ1v) is 2.61. The zero-order valence-electron chi connectivity index (χ0n) is 4.47. The van der Waals surface area contributed by atoms with E-state index in [2.05, 4.69) is 0 Å². The Bertz CT molecular complexity index is 94.0. The number of carbonyl (C=O) groups is 1. The lowest BCUT2D eigenvalue weighted by molar-refractivity contribution is -0.119. The Morgan fingerprint density at radius 3 is 2.25 bits per heavy atom. The SMILES string of the molecule is CC(O)C(Cl)C(N)=O. The predicted octanol–water partition coefficient (Wildman–Crippen LogP) is -0.540. The summed E-state index contributed by atoms with van der Waals surface area (Å²) in [5.41, 5.74) is 4.71. The van der Waals surface area contributed by atoms with Crippen LogP contribution < -0.4 is 5.73 Å². The monoisotopic (exact) mass is 137 g/mol. The van der Waals surface area contributed by atoms with Gasteiger partial charge in [0.05, 0.1) is 6.10 Å². The standard InChI is InChI=1S/C4H8ClNO2/c1-2(7)3(5)4(6)8/h2-3,7H,1H3,(H2,6,8). The summed E-state index contributed by atoms with van der Waals surface area (Å²) in [6, 6.07) is 0. The molecule has 0 aromatic heterocycles. The van der Waals surface area contributed by atoms with Gasteiger partial charge in [-0.2, -0.15) is 0 Å². The van der Waals surface area contributed by atoms with Gasteiger partial charge in [-0.15, -0.1) is 11.6 Å². The molecule has 0 saturated heterocycles. The molecule has 0 aromatic rings. The molecule has 0 bridgehead atoms. The van der Waals surface area contributed by atoms with E-state index in [-0.39, 0.29) is 0 Å². The fourth-order valence-corrected chi connectivity index (χ4v) is 0.238. The second-order valence-corrected chi connectivity index (χ2v) is 2.01. The van der Waals surface area contributed by atoms with Crippen molar-refractivity contribution in [2.75, 3.05) is 0 Å². The Labute approximate surface area is 52.4 Å². The molecule has 48 valence electrons. The molecule has 0 rings (SSSR count). The number of halogens is 1. The second kappa shape index (κ2) is 2.89. The lowest BCUT2D eigenvalue weighted by atomic mass is 10.3. The second-order valence-electron chi connectivity index (χ2n) is 1.54. The minimum absolute atomic E-state index is 0.693. The molecule has 1 amide bonds. The zero-order chi connectivity index (χ0) is 6.73. The van der Waals surface area contributed by atoms with Crippen molar-refractivity contribution in [2.45, 2.75) is 18.4 Å². The summed E-state index contributed by atoms with van der Waals surface area (Å²) in [4.78, 5) is 10.1. The van der Waals surface area contributed by atoms with Crippen molar-refractivity contribution in [1.82, 2.24) is 0 Å². The van der Waals surface area contributed by atoms with Gasteiger partial charge in [0, 0.05) is 0 Å². The maximum absolute atomic E-state index is 10.1. The topological polar surface area (TPSA) is 63.3 Å². The van der Waals surface area contributed by atoms with Gasteiger partial charge in [-0.25, -0.2) is 0 Å². The first-order chi connectivity index (χ1) is 3.55. The Morgan fingerprint density at radius 2 is 2.25 bits per heavy atom. The van der Waals surface area contributed by atoms with Crippen LogP contribution in [0.4, 0.5) is 0 Å². The van der Waals surface area contributed by atoms with Crippen LogP contribution >= 0.6 is 11.6 Å². The third-order valence-corrected chi connectivity index (χ3v) is 1.28. The van der Waals surface area contributed by atoms with Crippen LogP contribution in [-0.4, -0.2) is 22.5 Å². The van der Waals surface area contributed by atoms with Crippen molar-refractivity contribution >= 4 is 17.5 Å². The van der Waals surface area contributed by atoms with E-state index in [0.29, 0.717) is 0 Å². The molecule has 0 aromatic carbocycles. The van der Waals surface area contributed by atoms with Crippen LogP contribution in [0, 0.1) is 0 Å². The zero-order valence-corrected chi connectivity index (χ0v) is 5.22. The van der Waals surface area contributed by atoms with Gasteiger partial charge in [0.2, 0.25) is 5.91 Å². The number of hydrogen-bond acceptors (Lipinski definition) is 2. The van der Waals surface area contributed by atoms with Gasteiger partial charge >= 0.3 is 0 Å². The average Bonchev–Trinajstić information content (AvgIpc) is 1.64. The van der Waals surface area contributed by atoms with E-state index in [9.17, 15) is 4.79 Å². The Kier molecular flexibility index (Phi) is 2.79. The van der Waals surface area contributed by atoms with Crippen molar-refractivity contribution in [3.63, 3.8) is 0 Å². The number of carbonyl (C=O) groups excluding carboxylic acids is 1. The van der Waals surface area contributed by atoms with Gasteiger partial charge in [0.15, 0.2) is 0 Å². The summed E-state index contributed by atoms with van der Waals surface area (Å²) in [5.74, 6) is -0.693. The number of aliphatic hydroxyl groups is 1. The molecule has 0 aliphatic carbocycles. The van der Waals surface area contributed by atoms with Gasteiger partial charge in [-0.05, 0) is 6.92 Å². The minimum atomic E-state index is -0.963. The Hall–Kier alpha value is -0.280. The highest BCUT2D eigenvalue weighted by molar-refractivity contribution is 6.30. The number of primary amides is 1. The third kappa shape index (κ3) is 2.14. The molecule has 2 atom stereocenters. The molecule has 2 unspecified atom stereocenters. The lowest BCUT2D eigenvalue weighted by Gasteiger charge is -2.05. The van der Waals surface area contributed by atoms with E-state index in [0.717, 1.165) is 0 Å². The van der Waals surface area contributed by atoms with Gasteiger partial charge in [-0.3, -0.25) is 4.79 Å². The van der Waals surface area contributed by atoms with Gasteiger partial charge in [0.25, 0.3) is 0 Å². The first-order valence-electron chi connectivity index (χ1n) is 2.17. The Balaban J connectivity index is 3.64. The molecule has 3 nitrogen and oxygen atoms in total. The van der Waals surface area contributed by atoms with Gasteiger partial charge in [0.1, 0.15) is 5.38 Å². The van der Waals surface area contributed by atoms with E-state index < -0.39 is 17.4 Å². The molecule has 0 aliphatic heterocycles. The minimum Gasteiger partial charge on any atom is -0.391 e. The van der Waals surface area contributed by atoms with Crippen LogP contribution in [0.15, 0.2) is 0 Å². The molecule has 0 saturated carbocycles. The Morgan fingerprint density at radius 1 is 1.88 bits per heavy atom. The quantitative estimate of drug-likeness (QED) is 0.502. The molecular formula is C4H8ClNO2. The van der Waals surface area contributed by atoms with Crippen molar-refractivity contribution in [1.29, 1.82) is 0 Å². The molecule has 8 heavy (non-hydrogen) atoms. The highest BCUT2D eigenvalue weighted by Gasteiger charge is 2.16. The number of aliphatic hydroxyl groups excluding tert-OH is 1. The smallest absolute Gasteiger partial charge is 0.238 e. The number of nitrogens with two attached hydrogens (primary N) is 1. The van der Waals surface area contributed by atoms with Crippen molar-refractivity contribution in [3.8, 4) is 0 Å². The molecule has 0 spiro atoms. The van der Waals surface area contributed by atoms with Crippen molar-refractivity contribution in [2.24, 2.45) is 5.73 Å². The summed E-state index contributed by atoms with van der Waals surface area (Å²) in [5, 5.41) is 7.60. The fraction of sp³-hybridized carbons (Fsp3) is 0.750. The van der Waals surface area contributed by atoms with Crippen LogP contribution in [0.1, 0.15) is 6.92 Å². The van der Waals surface area contributed by atoms with Crippen molar-refractivity contribution < 1.29 is 9.90 Å². The van der Waals surface area contributed by atoms with Gasteiger partial charge in [-0.1, -0.05) is 0 Å². The lowest BCUT2D eigenvalue weighted by Crippen LogP contribution is -2.32. The van der Waals surface area contributed by atoms with Crippen LogP contribution in [0.3, 0.4) is 0 Å². The molecule has 0 radical (unpaired) electrons. The van der Waals surface area contributed by atoms with E-state index in [1.54, 1.807) is 0 Å². The largest absolute Gasteiger partial charge is 0.391 e. The van der Waals surface area contributed by atoms with E-state index in [1.165, 1.54) is 6.92 Å². The summed E-state index contributed by atoms with van der Waals surface area (Å²) < 4.78 is 0. The number of amides is 1. The van der Waals surface area contributed by atoms with Gasteiger partial charge < -0.3 is 10.8 Å². The normalized spacial score (nSPS) is 17.4. The van der Waals surface area contributed by atoms with Crippen LogP contribution in [0.2, 0.25) is 0 Å². The summed E-state index contributed by atoms with van der Waals surface area (Å²) >= 11 is 5.23. The average molecular weight is 138 g/mol. The van der Waals surface area contributed by atoms with E-state index in [1.807, 2.05) is 0 Å². The summed E-state index contributed by atoms with van der Waals surface area (Å²) in [7, 11) is 0. The molecule has 4 heteroatoms. The molecule has 0 heterocycles. The number of rotatable bonds is 2.